The second kappa shape index (κ2) is 6.17. The number of unbranched alkanes of at least 4 members (excludes halogenated alkanes) is 1. The molecule has 0 aromatic heterocycles. The average molecular weight is 209 g/mol. The molecule has 0 heterocycles. The van der Waals surface area contributed by atoms with Gasteiger partial charge < -0.3 is 5.32 Å². The molecule has 0 unspecified atom stereocenters. The summed E-state index contributed by atoms with van der Waals surface area (Å²) in [6.45, 7) is 2.44. The molecule has 2 nitrogen and oxygen atoms in total. The SMILES string of the molecule is CCCCC(=O)NCc1cccc(F)c1. The van der Waals surface area contributed by atoms with Crippen molar-refractivity contribution in [1.29, 1.82) is 0 Å². The van der Waals surface area contributed by atoms with Crippen LogP contribution in [0, 0.1) is 5.82 Å². The zero-order valence-electron chi connectivity index (χ0n) is 8.92. The standard InChI is InChI=1S/C12H16FNO/c1-2-3-7-12(15)14-9-10-5-4-6-11(13)8-10/h4-6,8H,2-3,7,9H2,1H3,(H,14,15). The number of benzene rings is 1. The van der Waals surface area contributed by atoms with Gasteiger partial charge in [-0.2, -0.15) is 0 Å². The third-order valence-electron chi connectivity index (χ3n) is 2.14. The maximum Gasteiger partial charge on any atom is 0.220 e. The predicted octanol–water partition coefficient (Wildman–Crippen LogP) is 2.63. The Morgan fingerprint density at radius 3 is 2.93 bits per heavy atom. The molecule has 0 atom stereocenters. The van der Waals surface area contributed by atoms with E-state index in [-0.39, 0.29) is 11.7 Å². The van der Waals surface area contributed by atoms with E-state index < -0.39 is 0 Å². The van der Waals surface area contributed by atoms with Crippen molar-refractivity contribution in [2.45, 2.75) is 32.7 Å². The Kier molecular flexibility index (Phi) is 4.81. The minimum atomic E-state index is -0.268. The van der Waals surface area contributed by atoms with Gasteiger partial charge in [0.25, 0.3) is 0 Å². The fourth-order valence-corrected chi connectivity index (χ4v) is 1.27. The fourth-order valence-electron chi connectivity index (χ4n) is 1.27. The van der Waals surface area contributed by atoms with Gasteiger partial charge in [0.1, 0.15) is 5.82 Å². The van der Waals surface area contributed by atoms with E-state index in [0.717, 1.165) is 18.4 Å². The van der Waals surface area contributed by atoms with E-state index in [4.69, 9.17) is 0 Å². The molecule has 1 amide bonds. The van der Waals surface area contributed by atoms with E-state index in [1.807, 2.05) is 6.92 Å². The van der Waals surface area contributed by atoms with Crippen LogP contribution in [-0.4, -0.2) is 5.91 Å². The lowest BCUT2D eigenvalue weighted by molar-refractivity contribution is -0.121. The molecule has 0 aliphatic heterocycles. The minimum absolute atomic E-state index is 0.0288. The summed E-state index contributed by atoms with van der Waals surface area (Å²) in [5.41, 5.74) is 0.792. The zero-order valence-corrected chi connectivity index (χ0v) is 8.92. The van der Waals surface area contributed by atoms with Crippen LogP contribution in [0.3, 0.4) is 0 Å². The largest absolute Gasteiger partial charge is 0.352 e. The summed E-state index contributed by atoms with van der Waals surface area (Å²) in [5.74, 6) is -0.239. The molecule has 0 spiro atoms. The Morgan fingerprint density at radius 2 is 2.27 bits per heavy atom. The first-order valence-electron chi connectivity index (χ1n) is 5.23. The van der Waals surface area contributed by atoms with Gasteiger partial charge in [0.05, 0.1) is 0 Å². The van der Waals surface area contributed by atoms with Crippen LogP contribution >= 0.6 is 0 Å². The molecule has 82 valence electrons. The van der Waals surface area contributed by atoms with Crippen LogP contribution in [0.2, 0.25) is 0 Å². The first-order valence-corrected chi connectivity index (χ1v) is 5.23. The number of carbonyl (C=O) groups excluding carboxylic acids is 1. The smallest absolute Gasteiger partial charge is 0.220 e. The van der Waals surface area contributed by atoms with Crippen molar-refractivity contribution in [2.75, 3.05) is 0 Å². The Hall–Kier alpha value is -1.38. The Labute approximate surface area is 89.5 Å². The second-order valence-electron chi connectivity index (χ2n) is 3.51. The van der Waals surface area contributed by atoms with E-state index in [2.05, 4.69) is 5.32 Å². The van der Waals surface area contributed by atoms with Gasteiger partial charge in [0.15, 0.2) is 0 Å². The summed E-state index contributed by atoms with van der Waals surface area (Å²) in [6, 6.07) is 6.26. The number of nitrogens with one attached hydrogen (secondary N) is 1. The lowest BCUT2D eigenvalue weighted by Gasteiger charge is -2.04. The second-order valence-corrected chi connectivity index (χ2v) is 3.51. The normalized spacial score (nSPS) is 10.0. The molecule has 1 aromatic carbocycles. The highest BCUT2D eigenvalue weighted by molar-refractivity contribution is 5.75. The Bertz CT molecular complexity index is 325. The molecule has 3 heteroatoms. The van der Waals surface area contributed by atoms with E-state index in [0.29, 0.717) is 13.0 Å². The summed E-state index contributed by atoms with van der Waals surface area (Å²) >= 11 is 0. The molecule has 1 N–H and O–H groups in total. The van der Waals surface area contributed by atoms with E-state index in [9.17, 15) is 9.18 Å². The zero-order chi connectivity index (χ0) is 11.1. The summed E-state index contributed by atoms with van der Waals surface area (Å²) in [5, 5.41) is 2.76. The summed E-state index contributed by atoms with van der Waals surface area (Å²) < 4.78 is 12.8. The Balaban J connectivity index is 2.33. The molecule has 0 aliphatic rings. The van der Waals surface area contributed by atoms with Crippen LogP contribution < -0.4 is 5.32 Å². The molecule has 1 rings (SSSR count). The number of halogens is 1. The molecule has 1 aromatic rings. The first-order chi connectivity index (χ1) is 7.22. The van der Waals surface area contributed by atoms with Gasteiger partial charge in [-0.15, -0.1) is 0 Å². The van der Waals surface area contributed by atoms with Crippen molar-refractivity contribution >= 4 is 5.91 Å². The van der Waals surface area contributed by atoms with Crippen LogP contribution in [0.5, 0.6) is 0 Å². The highest BCUT2D eigenvalue weighted by Crippen LogP contribution is 2.03. The van der Waals surface area contributed by atoms with Crippen molar-refractivity contribution < 1.29 is 9.18 Å². The minimum Gasteiger partial charge on any atom is -0.352 e. The van der Waals surface area contributed by atoms with Crippen LogP contribution in [0.4, 0.5) is 4.39 Å². The first kappa shape index (κ1) is 11.7. The van der Waals surface area contributed by atoms with E-state index >= 15 is 0 Å². The summed E-state index contributed by atoms with van der Waals surface area (Å²) in [4.78, 5) is 11.3. The third-order valence-corrected chi connectivity index (χ3v) is 2.14. The monoisotopic (exact) mass is 209 g/mol. The highest BCUT2D eigenvalue weighted by atomic mass is 19.1. The summed E-state index contributed by atoms with van der Waals surface area (Å²) in [7, 11) is 0. The van der Waals surface area contributed by atoms with Crippen molar-refractivity contribution in [2.24, 2.45) is 0 Å². The molecule has 0 radical (unpaired) electrons. The number of hydrogen-bond acceptors (Lipinski definition) is 1. The van der Waals surface area contributed by atoms with Gasteiger partial charge >= 0.3 is 0 Å². The number of hydrogen-bond donors (Lipinski definition) is 1. The maximum atomic E-state index is 12.8. The van der Waals surface area contributed by atoms with Crippen molar-refractivity contribution in [3.63, 3.8) is 0 Å². The average Bonchev–Trinajstić information content (AvgIpc) is 2.23. The van der Waals surface area contributed by atoms with Gasteiger partial charge in [-0.3, -0.25) is 4.79 Å². The van der Waals surface area contributed by atoms with Gasteiger partial charge in [0, 0.05) is 13.0 Å². The molecular weight excluding hydrogens is 193 g/mol. The highest BCUT2D eigenvalue weighted by Gasteiger charge is 2.00. The van der Waals surface area contributed by atoms with Gasteiger partial charge in [0.2, 0.25) is 5.91 Å². The lowest BCUT2D eigenvalue weighted by Crippen LogP contribution is -2.22. The number of rotatable bonds is 5. The lowest BCUT2D eigenvalue weighted by atomic mass is 10.2. The van der Waals surface area contributed by atoms with Crippen LogP contribution in [0.1, 0.15) is 31.7 Å². The Morgan fingerprint density at radius 1 is 1.47 bits per heavy atom. The molecule has 0 saturated carbocycles. The topological polar surface area (TPSA) is 29.1 Å². The van der Waals surface area contributed by atoms with Crippen molar-refractivity contribution in [1.82, 2.24) is 5.32 Å². The van der Waals surface area contributed by atoms with Crippen molar-refractivity contribution in [3.05, 3.63) is 35.6 Å². The third kappa shape index (κ3) is 4.58. The molecule has 15 heavy (non-hydrogen) atoms. The molecule has 0 bridgehead atoms. The van der Waals surface area contributed by atoms with Crippen LogP contribution in [-0.2, 0) is 11.3 Å². The van der Waals surface area contributed by atoms with Crippen LogP contribution in [0.15, 0.2) is 24.3 Å². The van der Waals surface area contributed by atoms with Crippen LogP contribution in [0.25, 0.3) is 0 Å². The predicted molar refractivity (Wildman–Crippen MR) is 57.8 cm³/mol. The fraction of sp³-hybridized carbons (Fsp3) is 0.417. The van der Waals surface area contributed by atoms with E-state index in [1.54, 1.807) is 12.1 Å². The molecule has 0 aliphatic carbocycles. The number of amides is 1. The molecule has 0 saturated heterocycles. The number of carbonyl (C=O) groups is 1. The summed E-state index contributed by atoms with van der Waals surface area (Å²) in [6.07, 6.45) is 2.45. The van der Waals surface area contributed by atoms with Gasteiger partial charge in [-0.1, -0.05) is 25.5 Å². The van der Waals surface area contributed by atoms with E-state index in [1.165, 1.54) is 12.1 Å². The van der Waals surface area contributed by atoms with Gasteiger partial charge in [-0.05, 0) is 24.1 Å². The quantitative estimate of drug-likeness (QED) is 0.793. The molecular formula is C12H16FNO. The van der Waals surface area contributed by atoms with Crippen molar-refractivity contribution in [3.8, 4) is 0 Å². The molecule has 0 fully saturated rings. The van der Waals surface area contributed by atoms with Gasteiger partial charge in [-0.25, -0.2) is 4.39 Å². The maximum absolute atomic E-state index is 12.8.